The van der Waals surface area contributed by atoms with Gasteiger partial charge in [-0.15, -0.1) is 0 Å². The first-order valence-electron chi connectivity index (χ1n) is 4.24. The molecule has 0 heterocycles. The zero-order chi connectivity index (χ0) is 10.7. The highest BCUT2D eigenvalue weighted by Crippen LogP contribution is 2.17. The normalized spacial score (nSPS) is 12.3. The van der Waals surface area contributed by atoms with Crippen molar-refractivity contribution in [2.75, 3.05) is 11.9 Å². The van der Waals surface area contributed by atoms with Gasteiger partial charge in [0, 0.05) is 7.05 Å². The van der Waals surface area contributed by atoms with Crippen molar-refractivity contribution < 1.29 is 14.3 Å². The first-order valence-corrected chi connectivity index (χ1v) is 4.24. The van der Waals surface area contributed by atoms with Gasteiger partial charge in [0.15, 0.2) is 0 Å². The van der Waals surface area contributed by atoms with Crippen molar-refractivity contribution >= 4 is 11.6 Å². The van der Waals surface area contributed by atoms with Crippen LogP contribution in [-0.4, -0.2) is 24.2 Å². The maximum Gasteiger partial charge on any atom is 0.255 e. The number of rotatable bonds is 2. The van der Waals surface area contributed by atoms with E-state index in [0.29, 0.717) is 0 Å². The van der Waals surface area contributed by atoms with Crippen LogP contribution >= 0.6 is 0 Å². The van der Waals surface area contributed by atoms with Gasteiger partial charge in [0.2, 0.25) is 0 Å². The fourth-order valence-corrected chi connectivity index (χ4v) is 1.12. The van der Waals surface area contributed by atoms with Gasteiger partial charge in [-0.25, -0.2) is 4.39 Å². The van der Waals surface area contributed by atoms with Crippen LogP contribution in [0.1, 0.15) is 6.92 Å². The second-order valence-corrected chi connectivity index (χ2v) is 3.02. The number of hydrogen-bond donors (Lipinski definition) is 1. The van der Waals surface area contributed by atoms with Gasteiger partial charge in [-0.2, -0.15) is 0 Å². The van der Waals surface area contributed by atoms with E-state index in [0.717, 1.165) is 4.90 Å². The van der Waals surface area contributed by atoms with Crippen molar-refractivity contribution in [3.05, 3.63) is 30.1 Å². The molecule has 4 heteroatoms. The molecule has 3 nitrogen and oxygen atoms in total. The molecular weight excluding hydrogens is 185 g/mol. The topological polar surface area (TPSA) is 40.5 Å². The number of aliphatic hydroxyl groups excluding tert-OH is 1. The Morgan fingerprint density at radius 2 is 2.07 bits per heavy atom. The lowest BCUT2D eigenvalue weighted by Gasteiger charge is -2.19. The van der Waals surface area contributed by atoms with Crippen LogP contribution in [0.5, 0.6) is 0 Å². The molecule has 0 radical (unpaired) electrons. The quantitative estimate of drug-likeness (QED) is 0.773. The average molecular weight is 197 g/mol. The number of anilines is 1. The number of carbonyl (C=O) groups is 1. The summed E-state index contributed by atoms with van der Waals surface area (Å²) in [6.45, 7) is 1.35. The molecule has 0 saturated heterocycles. The molecule has 0 fully saturated rings. The maximum atomic E-state index is 13.2. The smallest absolute Gasteiger partial charge is 0.255 e. The summed E-state index contributed by atoms with van der Waals surface area (Å²) < 4.78 is 13.2. The standard InChI is InChI=1S/C10H12FNO2/c1-7(13)10(14)12(2)9-6-4-3-5-8(9)11/h3-7,13H,1-2H3. The van der Waals surface area contributed by atoms with Gasteiger partial charge in [0.1, 0.15) is 11.9 Å². The lowest BCUT2D eigenvalue weighted by Crippen LogP contribution is -2.35. The van der Waals surface area contributed by atoms with E-state index in [2.05, 4.69) is 0 Å². The zero-order valence-electron chi connectivity index (χ0n) is 8.07. The Hall–Kier alpha value is -1.42. The minimum Gasteiger partial charge on any atom is -0.384 e. The van der Waals surface area contributed by atoms with Gasteiger partial charge < -0.3 is 10.0 Å². The van der Waals surface area contributed by atoms with Gasteiger partial charge in [0.05, 0.1) is 5.69 Å². The van der Waals surface area contributed by atoms with E-state index < -0.39 is 17.8 Å². The Balaban J connectivity index is 2.95. The fraction of sp³-hybridized carbons (Fsp3) is 0.300. The Labute approximate surface area is 81.8 Å². The molecule has 1 aromatic rings. The number of amides is 1. The van der Waals surface area contributed by atoms with Crippen LogP contribution in [0.25, 0.3) is 0 Å². The molecule has 14 heavy (non-hydrogen) atoms. The van der Waals surface area contributed by atoms with Gasteiger partial charge in [0.25, 0.3) is 5.91 Å². The van der Waals surface area contributed by atoms with Gasteiger partial charge >= 0.3 is 0 Å². The Bertz CT molecular complexity index is 339. The molecule has 0 aliphatic rings. The Morgan fingerprint density at radius 1 is 1.50 bits per heavy atom. The lowest BCUT2D eigenvalue weighted by molar-refractivity contribution is -0.125. The highest BCUT2D eigenvalue weighted by molar-refractivity contribution is 5.95. The summed E-state index contributed by atoms with van der Waals surface area (Å²) in [4.78, 5) is 12.4. The zero-order valence-corrected chi connectivity index (χ0v) is 8.07. The second-order valence-electron chi connectivity index (χ2n) is 3.02. The summed E-state index contributed by atoms with van der Waals surface area (Å²) in [7, 11) is 1.42. The SMILES string of the molecule is CC(O)C(=O)N(C)c1ccccc1F. The van der Waals surface area contributed by atoms with Crippen molar-refractivity contribution in [2.24, 2.45) is 0 Å². The molecular formula is C10H12FNO2. The number of likely N-dealkylation sites (N-methyl/N-ethyl adjacent to an activating group) is 1. The third-order valence-corrected chi connectivity index (χ3v) is 1.90. The number of aliphatic hydroxyl groups is 1. The number of para-hydroxylation sites is 1. The summed E-state index contributed by atoms with van der Waals surface area (Å²) in [5, 5.41) is 9.03. The molecule has 0 aromatic heterocycles. The van der Waals surface area contributed by atoms with E-state index >= 15 is 0 Å². The van der Waals surface area contributed by atoms with Crippen LogP contribution < -0.4 is 4.90 Å². The Morgan fingerprint density at radius 3 is 2.57 bits per heavy atom. The van der Waals surface area contributed by atoms with E-state index in [1.165, 1.54) is 26.1 Å². The molecule has 1 N–H and O–H groups in total. The van der Waals surface area contributed by atoms with E-state index in [9.17, 15) is 9.18 Å². The minimum absolute atomic E-state index is 0.165. The van der Waals surface area contributed by atoms with Crippen molar-refractivity contribution in [2.45, 2.75) is 13.0 Å². The predicted octanol–water partition coefficient (Wildman–Crippen LogP) is 1.17. The third-order valence-electron chi connectivity index (χ3n) is 1.90. The molecule has 0 aliphatic carbocycles. The molecule has 1 atom stereocenters. The third kappa shape index (κ3) is 2.09. The fourth-order valence-electron chi connectivity index (χ4n) is 1.12. The molecule has 1 rings (SSSR count). The number of hydrogen-bond acceptors (Lipinski definition) is 2. The number of benzene rings is 1. The summed E-state index contributed by atoms with van der Waals surface area (Å²) in [6, 6.07) is 5.92. The second kappa shape index (κ2) is 4.19. The van der Waals surface area contributed by atoms with Gasteiger partial charge in [-0.3, -0.25) is 4.79 Å². The monoisotopic (exact) mass is 197 g/mol. The average Bonchev–Trinajstić information content (AvgIpc) is 2.16. The molecule has 0 spiro atoms. The summed E-state index contributed by atoms with van der Waals surface area (Å²) in [5.74, 6) is -1.01. The van der Waals surface area contributed by atoms with Gasteiger partial charge in [-0.1, -0.05) is 12.1 Å². The highest BCUT2D eigenvalue weighted by atomic mass is 19.1. The molecule has 1 aromatic carbocycles. The molecule has 76 valence electrons. The van der Waals surface area contributed by atoms with E-state index in [4.69, 9.17) is 5.11 Å². The van der Waals surface area contributed by atoms with Crippen LogP contribution in [0, 0.1) is 5.82 Å². The van der Waals surface area contributed by atoms with Gasteiger partial charge in [-0.05, 0) is 19.1 Å². The molecule has 0 aliphatic heterocycles. The number of nitrogens with zero attached hydrogens (tertiary/aromatic N) is 1. The Kier molecular flexibility index (Phi) is 3.19. The largest absolute Gasteiger partial charge is 0.384 e. The lowest BCUT2D eigenvalue weighted by atomic mass is 10.2. The van der Waals surface area contributed by atoms with Crippen molar-refractivity contribution in [1.82, 2.24) is 0 Å². The van der Waals surface area contributed by atoms with Crippen LogP contribution in [0.2, 0.25) is 0 Å². The summed E-state index contributed by atoms with van der Waals surface area (Å²) >= 11 is 0. The minimum atomic E-state index is -1.13. The van der Waals surface area contributed by atoms with Crippen molar-refractivity contribution in [3.63, 3.8) is 0 Å². The van der Waals surface area contributed by atoms with Crippen LogP contribution in [0.3, 0.4) is 0 Å². The maximum absolute atomic E-state index is 13.2. The number of carbonyl (C=O) groups excluding carboxylic acids is 1. The van der Waals surface area contributed by atoms with Crippen molar-refractivity contribution in [3.8, 4) is 0 Å². The van der Waals surface area contributed by atoms with E-state index in [-0.39, 0.29) is 5.69 Å². The van der Waals surface area contributed by atoms with Crippen LogP contribution in [-0.2, 0) is 4.79 Å². The predicted molar refractivity (Wildman–Crippen MR) is 51.5 cm³/mol. The van der Waals surface area contributed by atoms with Crippen molar-refractivity contribution in [1.29, 1.82) is 0 Å². The van der Waals surface area contributed by atoms with E-state index in [1.807, 2.05) is 0 Å². The van der Waals surface area contributed by atoms with Crippen LogP contribution in [0.15, 0.2) is 24.3 Å². The summed E-state index contributed by atoms with van der Waals surface area (Å²) in [5.41, 5.74) is 0.165. The molecule has 0 saturated carbocycles. The number of halogens is 1. The summed E-state index contributed by atoms with van der Waals surface area (Å²) in [6.07, 6.45) is -1.13. The molecule has 1 unspecified atom stereocenters. The first kappa shape index (κ1) is 10.7. The first-order chi connectivity index (χ1) is 6.54. The molecule has 1 amide bonds. The van der Waals surface area contributed by atoms with E-state index in [1.54, 1.807) is 12.1 Å². The highest BCUT2D eigenvalue weighted by Gasteiger charge is 2.18. The van der Waals surface area contributed by atoms with Crippen LogP contribution in [0.4, 0.5) is 10.1 Å². The molecule has 0 bridgehead atoms.